The van der Waals surface area contributed by atoms with Gasteiger partial charge in [-0.2, -0.15) is 0 Å². The molecule has 19 heavy (non-hydrogen) atoms. The number of aromatic nitrogens is 1. The zero-order chi connectivity index (χ0) is 13.7. The van der Waals surface area contributed by atoms with E-state index in [0.29, 0.717) is 13.0 Å². The third-order valence-corrected chi connectivity index (χ3v) is 3.29. The largest absolute Gasteiger partial charge is 0.341 e. The molecule has 2 aromatic rings. The van der Waals surface area contributed by atoms with Gasteiger partial charge in [0.05, 0.1) is 6.42 Å². The molecule has 0 spiro atoms. The first-order valence-electron chi connectivity index (χ1n) is 6.03. The van der Waals surface area contributed by atoms with E-state index in [9.17, 15) is 4.79 Å². The van der Waals surface area contributed by atoms with Crippen LogP contribution in [0.5, 0.6) is 0 Å². The van der Waals surface area contributed by atoms with Crippen molar-refractivity contribution in [2.45, 2.75) is 13.0 Å². The zero-order valence-corrected chi connectivity index (χ0v) is 12.3. The molecule has 0 radical (unpaired) electrons. The molecule has 1 aromatic carbocycles. The minimum atomic E-state index is 0.0682. The smallest absolute Gasteiger partial charge is 0.228 e. The van der Waals surface area contributed by atoms with E-state index in [2.05, 4.69) is 20.9 Å². The number of rotatable bonds is 4. The fourth-order valence-electron chi connectivity index (χ4n) is 1.79. The van der Waals surface area contributed by atoms with E-state index in [1.54, 1.807) is 11.1 Å². The first-order chi connectivity index (χ1) is 9.15. The van der Waals surface area contributed by atoms with Crippen molar-refractivity contribution < 1.29 is 4.79 Å². The third kappa shape index (κ3) is 4.17. The van der Waals surface area contributed by atoms with Crippen LogP contribution in [0.2, 0.25) is 0 Å². The molecule has 3 nitrogen and oxygen atoms in total. The predicted molar refractivity (Wildman–Crippen MR) is 78.6 cm³/mol. The number of hydrogen-bond donors (Lipinski definition) is 0. The number of carbonyl (C=O) groups is 1. The molecule has 1 aromatic heterocycles. The zero-order valence-electron chi connectivity index (χ0n) is 10.7. The summed E-state index contributed by atoms with van der Waals surface area (Å²) in [5, 5.41) is 0. The Hall–Kier alpha value is -1.68. The average Bonchev–Trinajstić information content (AvgIpc) is 2.40. The molecule has 0 saturated heterocycles. The summed E-state index contributed by atoms with van der Waals surface area (Å²) in [6, 6.07) is 13.6. The number of nitrogens with zero attached hydrogens (tertiary/aromatic N) is 2. The lowest BCUT2D eigenvalue weighted by atomic mass is 10.2. The second kappa shape index (κ2) is 6.48. The lowest BCUT2D eigenvalue weighted by Gasteiger charge is -2.17. The van der Waals surface area contributed by atoms with Crippen LogP contribution in [0.3, 0.4) is 0 Å². The maximum Gasteiger partial charge on any atom is 0.228 e. The van der Waals surface area contributed by atoms with E-state index in [0.717, 1.165) is 15.7 Å². The maximum atomic E-state index is 12.1. The monoisotopic (exact) mass is 318 g/mol. The standard InChI is InChI=1S/C15H15BrN2O/c1-18(11-12-5-4-6-13(16)9-12)15(19)10-14-7-2-3-8-17-14/h2-9H,10-11H2,1H3. The Labute approximate surface area is 121 Å². The quantitative estimate of drug-likeness (QED) is 0.868. The molecule has 0 atom stereocenters. The van der Waals surface area contributed by atoms with Gasteiger partial charge in [0.25, 0.3) is 0 Å². The van der Waals surface area contributed by atoms with Crippen LogP contribution in [0.1, 0.15) is 11.3 Å². The normalized spacial score (nSPS) is 10.2. The summed E-state index contributed by atoms with van der Waals surface area (Å²) in [6.07, 6.45) is 2.04. The Morgan fingerprint density at radius 1 is 1.26 bits per heavy atom. The number of likely N-dealkylation sites (N-methyl/N-ethyl adjacent to an activating group) is 1. The first-order valence-corrected chi connectivity index (χ1v) is 6.83. The summed E-state index contributed by atoms with van der Waals surface area (Å²) in [5.74, 6) is 0.0682. The van der Waals surface area contributed by atoms with Gasteiger partial charge in [-0.15, -0.1) is 0 Å². The van der Waals surface area contributed by atoms with Gasteiger partial charge >= 0.3 is 0 Å². The highest BCUT2D eigenvalue weighted by atomic mass is 79.9. The SMILES string of the molecule is CN(Cc1cccc(Br)c1)C(=O)Cc1ccccn1. The molecule has 0 fully saturated rings. The summed E-state index contributed by atoms with van der Waals surface area (Å²) in [4.78, 5) is 18.0. The molecule has 0 unspecified atom stereocenters. The molecular formula is C15H15BrN2O. The van der Waals surface area contributed by atoms with E-state index in [-0.39, 0.29) is 5.91 Å². The highest BCUT2D eigenvalue weighted by Crippen LogP contribution is 2.13. The van der Waals surface area contributed by atoms with E-state index in [1.807, 2.05) is 49.5 Å². The molecule has 0 N–H and O–H groups in total. The van der Waals surface area contributed by atoms with Crippen molar-refractivity contribution in [2.75, 3.05) is 7.05 Å². The van der Waals surface area contributed by atoms with Crippen LogP contribution in [-0.4, -0.2) is 22.8 Å². The summed E-state index contributed by atoms with van der Waals surface area (Å²) in [6.45, 7) is 0.602. The second-order valence-corrected chi connectivity index (χ2v) is 5.29. The van der Waals surface area contributed by atoms with Crippen LogP contribution < -0.4 is 0 Å². The lowest BCUT2D eigenvalue weighted by molar-refractivity contribution is -0.129. The van der Waals surface area contributed by atoms with Crippen LogP contribution in [-0.2, 0) is 17.8 Å². The van der Waals surface area contributed by atoms with Gasteiger partial charge in [0.2, 0.25) is 5.91 Å². The number of pyridine rings is 1. The van der Waals surface area contributed by atoms with Crippen LogP contribution >= 0.6 is 15.9 Å². The van der Waals surface area contributed by atoms with Gasteiger partial charge in [0.1, 0.15) is 0 Å². The lowest BCUT2D eigenvalue weighted by Crippen LogP contribution is -2.27. The Morgan fingerprint density at radius 3 is 2.79 bits per heavy atom. The van der Waals surface area contributed by atoms with Crippen molar-refractivity contribution >= 4 is 21.8 Å². The molecule has 98 valence electrons. The van der Waals surface area contributed by atoms with Crippen molar-refractivity contribution in [1.82, 2.24) is 9.88 Å². The van der Waals surface area contributed by atoms with Gasteiger partial charge in [-0.3, -0.25) is 9.78 Å². The van der Waals surface area contributed by atoms with Gasteiger partial charge < -0.3 is 4.90 Å². The number of amides is 1. The molecule has 1 amide bonds. The van der Waals surface area contributed by atoms with Crippen LogP contribution in [0.15, 0.2) is 53.1 Å². The molecule has 0 aliphatic heterocycles. The number of hydrogen-bond acceptors (Lipinski definition) is 2. The minimum absolute atomic E-state index is 0.0682. The molecule has 0 saturated carbocycles. The number of carbonyl (C=O) groups excluding carboxylic acids is 1. The Balaban J connectivity index is 1.96. The Kier molecular flexibility index (Phi) is 4.68. The summed E-state index contributed by atoms with van der Waals surface area (Å²) in [5.41, 5.74) is 1.90. The van der Waals surface area contributed by atoms with Gasteiger partial charge in [0.15, 0.2) is 0 Å². The van der Waals surface area contributed by atoms with Gasteiger partial charge in [-0.05, 0) is 29.8 Å². The Bertz CT molecular complexity index is 557. The molecule has 4 heteroatoms. The molecule has 0 aliphatic rings. The molecule has 1 heterocycles. The molecule has 0 bridgehead atoms. The first kappa shape index (κ1) is 13.7. The minimum Gasteiger partial charge on any atom is -0.341 e. The van der Waals surface area contributed by atoms with E-state index < -0.39 is 0 Å². The van der Waals surface area contributed by atoms with Crippen molar-refractivity contribution in [2.24, 2.45) is 0 Å². The number of benzene rings is 1. The predicted octanol–water partition coefficient (Wildman–Crippen LogP) is 3.05. The molecule has 0 aliphatic carbocycles. The van der Waals surface area contributed by atoms with Gasteiger partial charge in [0, 0.05) is 30.0 Å². The Morgan fingerprint density at radius 2 is 2.11 bits per heavy atom. The second-order valence-electron chi connectivity index (χ2n) is 4.38. The van der Waals surface area contributed by atoms with Gasteiger partial charge in [-0.1, -0.05) is 34.1 Å². The van der Waals surface area contributed by atoms with E-state index in [1.165, 1.54) is 0 Å². The average molecular weight is 319 g/mol. The molecule has 2 rings (SSSR count). The highest BCUT2D eigenvalue weighted by molar-refractivity contribution is 9.10. The summed E-state index contributed by atoms with van der Waals surface area (Å²) < 4.78 is 1.02. The molecular weight excluding hydrogens is 304 g/mol. The van der Waals surface area contributed by atoms with Gasteiger partial charge in [-0.25, -0.2) is 0 Å². The van der Waals surface area contributed by atoms with Crippen LogP contribution in [0.25, 0.3) is 0 Å². The fraction of sp³-hybridized carbons (Fsp3) is 0.200. The summed E-state index contributed by atoms with van der Waals surface area (Å²) >= 11 is 3.43. The number of halogens is 1. The van der Waals surface area contributed by atoms with Crippen molar-refractivity contribution in [3.8, 4) is 0 Å². The summed E-state index contributed by atoms with van der Waals surface area (Å²) in [7, 11) is 1.81. The van der Waals surface area contributed by atoms with Crippen LogP contribution in [0.4, 0.5) is 0 Å². The van der Waals surface area contributed by atoms with E-state index >= 15 is 0 Å². The highest BCUT2D eigenvalue weighted by Gasteiger charge is 2.10. The van der Waals surface area contributed by atoms with E-state index in [4.69, 9.17) is 0 Å². The van der Waals surface area contributed by atoms with Crippen LogP contribution in [0, 0.1) is 0 Å². The van der Waals surface area contributed by atoms with Crippen molar-refractivity contribution in [3.05, 3.63) is 64.4 Å². The maximum absolute atomic E-state index is 12.1. The third-order valence-electron chi connectivity index (χ3n) is 2.79. The topological polar surface area (TPSA) is 33.2 Å². The van der Waals surface area contributed by atoms with Crippen molar-refractivity contribution in [1.29, 1.82) is 0 Å². The fourth-order valence-corrected chi connectivity index (χ4v) is 2.24. The van der Waals surface area contributed by atoms with Crippen molar-refractivity contribution in [3.63, 3.8) is 0 Å².